The van der Waals surface area contributed by atoms with E-state index in [1.807, 2.05) is 19.9 Å². The molecule has 0 aliphatic rings. The van der Waals surface area contributed by atoms with Crippen LogP contribution in [-0.4, -0.2) is 17.5 Å². The molecule has 98 valence electrons. The Morgan fingerprint density at radius 3 is 2.59 bits per heavy atom. The van der Waals surface area contributed by atoms with Crippen molar-refractivity contribution < 1.29 is 17.9 Å². The average molecular weight is 250 g/mol. The molecule has 0 bridgehead atoms. The van der Waals surface area contributed by atoms with Gasteiger partial charge in [0.25, 0.3) is 0 Å². The van der Waals surface area contributed by atoms with E-state index >= 15 is 0 Å². The summed E-state index contributed by atoms with van der Waals surface area (Å²) in [6.45, 7) is 3.75. The Bertz CT molecular complexity index is 347. The van der Waals surface area contributed by atoms with E-state index in [9.17, 15) is 13.2 Å². The Kier molecular flexibility index (Phi) is 4.59. The van der Waals surface area contributed by atoms with Gasteiger partial charge in [0.2, 0.25) is 0 Å². The summed E-state index contributed by atoms with van der Waals surface area (Å²) in [6, 6.07) is 1.72. The van der Waals surface area contributed by atoms with Crippen LogP contribution in [0.3, 0.4) is 0 Å². The van der Waals surface area contributed by atoms with Crippen molar-refractivity contribution in [1.82, 2.24) is 4.57 Å². The van der Waals surface area contributed by atoms with Crippen molar-refractivity contribution in [2.24, 2.45) is 11.7 Å². The highest BCUT2D eigenvalue weighted by molar-refractivity contribution is 5.15. The van der Waals surface area contributed by atoms with Crippen LogP contribution in [-0.2, 0) is 11.3 Å². The molecule has 17 heavy (non-hydrogen) atoms. The molecule has 0 fully saturated rings. The molecule has 0 saturated heterocycles. The first-order valence-corrected chi connectivity index (χ1v) is 5.41. The monoisotopic (exact) mass is 250 g/mol. The summed E-state index contributed by atoms with van der Waals surface area (Å²) in [5.74, 6) is 0.289. The second-order valence-corrected chi connectivity index (χ2v) is 4.25. The van der Waals surface area contributed by atoms with E-state index in [2.05, 4.69) is 4.74 Å². The van der Waals surface area contributed by atoms with Crippen LogP contribution >= 0.6 is 0 Å². The lowest BCUT2D eigenvalue weighted by atomic mass is 10.00. The second kappa shape index (κ2) is 5.55. The van der Waals surface area contributed by atoms with E-state index in [1.165, 1.54) is 0 Å². The fourth-order valence-corrected chi connectivity index (χ4v) is 1.45. The van der Waals surface area contributed by atoms with E-state index in [1.54, 1.807) is 17.0 Å². The quantitative estimate of drug-likeness (QED) is 0.872. The molecule has 1 heterocycles. The molecule has 1 rings (SSSR count). The third-order valence-electron chi connectivity index (χ3n) is 2.49. The van der Waals surface area contributed by atoms with Crippen LogP contribution in [0.1, 0.15) is 25.5 Å². The minimum absolute atomic E-state index is 0.0974. The Morgan fingerprint density at radius 1 is 1.41 bits per heavy atom. The highest BCUT2D eigenvalue weighted by Gasteiger charge is 2.28. The third kappa shape index (κ3) is 4.79. The lowest BCUT2D eigenvalue weighted by molar-refractivity contribution is -0.325. The van der Waals surface area contributed by atoms with Crippen LogP contribution in [0.5, 0.6) is 0 Å². The highest BCUT2D eigenvalue weighted by atomic mass is 19.4. The molecule has 1 aromatic heterocycles. The maximum absolute atomic E-state index is 11.7. The zero-order valence-electron chi connectivity index (χ0n) is 9.87. The first-order chi connectivity index (χ1) is 7.79. The molecule has 0 aliphatic carbocycles. The van der Waals surface area contributed by atoms with E-state index in [0.29, 0.717) is 0 Å². The molecular formula is C11H17F3N2O. The van der Waals surface area contributed by atoms with Gasteiger partial charge in [-0.3, -0.25) is 4.74 Å². The normalized spacial score (nSPS) is 14.3. The van der Waals surface area contributed by atoms with Crippen LogP contribution in [0.25, 0.3) is 0 Å². The van der Waals surface area contributed by atoms with Gasteiger partial charge in [-0.2, -0.15) is 0 Å². The molecule has 6 heteroatoms. The Morgan fingerprint density at radius 2 is 2.06 bits per heavy atom. The van der Waals surface area contributed by atoms with Crippen molar-refractivity contribution in [2.75, 3.05) is 6.61 Å². The predicted molar refractivity (Wildman–Crippen MR) is 58.2 cm³/mol. The molecule has 1 unspecified atom stereocenters. The first kappa shape index (κ1) is 14.1. The van der Waals surface area contributed by atoms with Gasteiger partial charge in [-0.25, -0.2) is 0 Å². The summed E-state index contributed by atoms with van der Waals surface area (Å²) in [5, 5.41) is 0. The van der Waals surface area contributed by atoms with Gasteiger partial charge in [0.1, 0.15) is 0 Å². The van der Waals surface area contributed by atoms with Gasteiger partial charge >= 0.3 is 6.36 Å². The number of aromatic nitrogens is 1. The van der Waals surface area contributed by atoms with Crippen LogP contribution in [0.15, 0.2) is 18.5 Å². The number of hydrogen-bond donors (Lipinski definition) is 1. The topological polar surface area (TPSA) is 40.2 Å². The average Bonchev–Trinajstić information content (AvgIpc) is 2.63. The number of alkyl halides is 3. The summed E-state index contributed by atoms with van der Waals surface area (Å²) >= 11 is 0. The number of hydrogen-bond acceptors (Lipinski definition) is 2. The maximum atomic E-state index is 11.7. The predicted octanol–water partition coefficient (Wildman–Crippen LogP) is 2.68. The second-order valence-electron chi connectivity index (χ2n) is 4.25. The number of halogens is 3. The van der Waals surface area contributed by atoms with Crippen molar-refractivity contribution >= 4 is 0 Å². The molecule has 0 amide bonds. The molecule has 0 aromatic carbocycles. The van der Waals surface area contributed by atoms with Crippen LogP contribution in [0, 0.1) is 5.92 Å². The Hall–Kier alpha value is -1.01. The summed E-state index contributed by atoms with van der Waals surface area (Å²) in [6.07, 6.45) is -1.11. The van der Waals surface area contributed by atoms with Gasteiger partial charge in [-0.1, -0.05) is 13.8 Å². The SMILES string of the molecule is CC(C)C(N)c1ccn(CCOC(F)(F)F)c1. The number of nitrogens with two attached hydrogens (primary N) is 1. The maximum Gasteiger partial charge on any atom is 0.522 e. The fraction of sp³-hybridized carbons (Fsp3) is 0.636. The van der Waals surface area contributed by atoms with Gasteiger partial charge < -0.3 is 10.3 Å². The third-order valence-corrected chi connectivity index (χ3v) is 2.49. The van der Waals surface area contributed by atoms with Gasteiger partial charge in [0, 0.05) is 25.0 Å². The Labute approximate surface area is 98.4 Å². The molecule has 1 aromatic rings. The summed E-state index contributed by atoms with van der Waals surface area (Å²) in [5.41, 5.74) is 6.85. The van der Waals surface area contributed by atoms with Crippen LogP contribution in [0.4, 0.5) is 13.2 Å². The van der Waals surface area contributed by atoms with Gasteiger partial charge in [-0.15, -0.1) is 13.2 Å². The van der Waals surface area contributed by atoms with E-state index in [0.717, 1.165) is 5.56 Å². The molecular weight excluding hydrogens is 233 g/mol. The van der Waals surface area contributed by atoms with Crippen molar-refractivity contribution in [1.29, 1.82) is 0 Å². The van der Waals surface area contributed by atoms with E-state index in [4.69, 9.17) is 5.73 Å². The first-order valence-electron chi connectivity index (χ1n) is 5.41. The zero-order chi connectivity index (χ0) is 13.1. The van der Waals surface area contributed by atoms with Crippen LogP contribution < -0.4 is 5.73 Å². The minimum atomic E-state index is -4.57. The van der Waals surface area contributed by atoms with Crippen molar-refractivity contribution in [2.45, 2.75) is 32.8 Å². The largest absolute Gasteiger partial charge is 0.522 e. The molecule has 0 spiro atoms. The molecule has 3 nitrogen and oxygen atoms in total. The van der Waals surface area contributed by atoms with Gasteiger partial charge in [0.15, 0.2) is 0 Å². The van der Waals surface area contributed by atoms with Crippen molar-refractivity contribution in [3.63, 3.8) is 0 Å². The van der Waals surface area contributed by atoms with Gasteiger partial charge in [-0.05, 0) is 17.5 Å². The van der Waals surface area contributed by atoms with Gasteiger partial charge in [0.05, 0.1) is 6.61 Å². The highest BCUT2D eigenvalue weighted by Crippen LogP contribution is 2.19. The number of rotatable bonds is 5. The van der Waals surface area contributed by atoms with Crippen LogP contribution in [0.2, 0.25) is 0 Å². The standard InChI is InChI=1S/C11H17F3N2O/c1-8(2)10(15)9-3-4-16(7-9)5-6-17-11(12,13)14/h3-4,7-8,10H,5-6,15H2,1-2H3. The lowest BCUT2D eigenvalue weighted by Crippen LogP contribution is -2.17. The van der Waals surface area contributed by atoms with E-state index < -0.39 is 13.0 Å². The van der Waals surface area contributed by atoms with E-state index in [-0.39, 0.29) is 18.5 Å². The summed E-state index contributed by atoms with van der Waals surface area (Å²) < 4.78 is 40.6. The van der Waals surface area contributed by atoms with Crippen molar-refractivity contribution in [3.8, 4) is 0 Å². The number of ether oxygens (including phenoxy) is 1. The smallest absolute Gasteiger partial charge is 0.352 e. The molecule has 1 atom stereocenters. The minimum Gasteiger partial charge on any atom is -0.352 e. The molecule has 0 radical (unpaired) electrons. The Balaban J connectivity index is 2.46. The summed E-state index contributed by atoms with van der Waals surface area (Å²) in [7, 11) is 0. The zero-order valence-corrected chi connectivity index (χ0v) is 9.87. The van der Waals surface area contributed by atoms with Crippen molar-refractivity contribution in [3.05, 3.63) is 24.0 Å². The fourth-order valence-electron chi connectivity index (χ4n) is 1.45. The number of nitrogens with zero attached hydrogens (tertiary/aromatic N) is 1. The molecule has 0 aliphatic heterocycles. The molecule has 0 saturated carbocycles. The lowest BCUT2D eigenvalue weighted by Gasteiger charge is -2.13. The summed E-state index contributed by atoms with van der Waals surface area (Å²) in [4.78, 5) is 0. The molecule has 2 N–H and O–H groups in total.